The summed E-state index contributed by atoms with van der Waals surface area (Å²) < 4.78 is 0. The summed E-state index contributed by atoms with van der Waals surface area (Å²) in [5, 5.41) is 4.28. The second-order valence-electron chi connectivity index (χ2n) is 8.42. The van der Waals surface area contributed by atoms with Crippen molar-refractivity contribution in [2.75, 3.05) is 0 Å². The Hall–Kier alpha value is -1.90. The summed E-state index contributed by atoms with van der Waals surface area (Å²) in [6.45, 7) is 7.11. The molecule has 0 aromatic heterocycles. The molecule has 1 amide bonds. The highest BCUT2D eigenvalue weighted by Gasteiger charge is 2.40. The van der Waals surface area contributed by atoms with Crippen molar-refractivity contribution in [2.24, 2.45) is 28.3 Å². The molecule has 2 aliphatic rings. The van der Waals surface area contributed by atoms with Crippen LogP contribution in [0.2, 0.25) is 0 Å². The van der Waals surface area contributed by atoms with Crippen molar-refractivity contribution in [3.05, 3.63) is 47.5 Å². The molecular formula is C22H30N2O. The summed E-state index contributed by atoms with van der Waals surface area (Å²) in [5.41, 5.74) is 5.76. The van der Waals surface area contributed by atoms with Gasteiger partial charge in [0.2, 0.25) is 5.91 Å². The van der Waals surface area contributed by atoms with Gasteiger partial charge < -0.3 is 0 Å². The average Bonchev–Trinajstić information content (AvgIpc) is 2.56. The topological polar surface area (TPSA) is 41.5 Å². The van der Waals surface area contributed by atoms with E-state index in [0.29, 0.717) is 29.6 Å². The smallest absolute Gasteiger partial charge is 0.244 e. The number of hydrogen-bond donors (Lipinski definition) is 1. The highest BCUT2D eigenvalue weighted by Crippen LogP contribution is 2.50. The molecule has 25 heavy (non-hydrogen) atoms. The highest BCUT2D eigenvalue weighted by atomic mass is 16.2. The number of hydrazone groups is 1. The lowest BCUT2D eigenvalue weighted by molar-refractivity contribution is -0.120. The van der Waals surface area contributed by atoms with Crippen LogP contribution in [0.1, 0.15) is 52.0 Å². The first-order chi connectivity index (χ1) is 12.0. The van der Waals surface area contributed by atoms with Crippen LogP contribution in [0.5, 0.6) is 0 Å². The van der Waals surface area contributed by atoms with Crippen LogP contribution in [-0.4, -0.2) is 12.1 Å². The number of allylic oxidation sites excluding steroid dienone is 2. The molecule has 3 atom stereocenters. The number of fused-ring (bicyclic) bond motifs is 1. The number of amides is 1. The average molecular weight is 338 g/mol. The van der Waals surface area contributed by atoms with Crippen molar-refractivity contribution in [3.63, 3.8) is 0 Å². The molecule has 3 heteroatoms. The molecule has 3 nitrogen and oxygen atoms in total. The van der Waals surface area contributed by atoms with Gasteiger partial charge >= 0.3 is 0 Å². The van der Waals surface area contributed by atoms with Crippen LogP contribution >= 0.6 is 0 Å². The van der Waals surface area contributed by atoms with Gasteiger partial charge in [-0.25, -0.2) is 5.43 Å². The zero-order valence-electron chi connectivity index (χ0n) is 15.7. The Balaban J connectivity index is 1.57. The lowest BCUT2D eigenvalue weighted by Crippen LogP contribution is -2.37. The van der Waals surface area contributed by atoms with E-state index in [9.17, 15) is 4.79 Å². The van der Waals surface area contributed by atoms with Crippen LogP contribution in [0.3, 0.4) is 0 Å². The number of carbonyl (C=O) groups is 1. The molecule has 0 unspecified atom stereocenters. The van der Waals surface area contributed by atoms with E-state index >= 15 is 0 Å². The van der Waals surface area contributed by atoms with Gasteiger partial charge in [0.15, 0.2) is 0 Å². The van der Waals surface area contributed by atoms with E-state index in [2.05, 4.69) is 37.4 Å². The predicted molar refractivity (Wildman–Crippen MR) is 103 cm³/mol. The van der Waals surface area contributed by atoms with Crippen LogP contribution in [0.4, 0.5) is 0 Å². The lowest BCUT2D eigenvalue weighted by atomic mass is 9.59. The molecule has 134 valence electrons. The minimum absolute atomic E-state index is 0.0514. The lowest BCUT2D eigenvalue weighted by Gasteiger charge is -2.46. The minimum atomic E-state index is -0.0514. The molecule has 0 radical (unpaired) electrons. The Morgan fingerprint density at radius 2 is 2.08 bits per heavy atom. The number of nitrogens with one attached hydrogen (secondary N) is 1. The first kappa shape index (κ1) is 17.9. The van der Waals surface area contributed by atoms with E-state index < -0.39 is 0 Å². The Bertz CT molecular complexity index is 660. The Morgan fingerprint density at radius 1 is 1.32 bits per heavy atom. The highest BCUT2D eigenvalue weighted by molar-refractivity contribution is 5.79. The van der Waals surface area contributed by atoms with E-state index in [-0.39, 0.29) is 5.91 Å². The van der Waals surface area contributed by atoms with Crippen molar-refractivity contribution in [1.82, 2.24) is 5.43 Å². The van der Waals surface area contributed by atoms with Crippen LogP contribution in [0, 0.1) is 23.2 Å². The van der Waals surface area contributed by atoms with Crippen molar-refractivity contribution >= 4 is 12.1 Å². The van der Waals surface area contributed by atoms with Crippen LogP contribution in [0.15, 0.2) is 47.1 Å². The fourth-order valence-electron chi connectivity index (χ4n) is 4.41. The minimum Gasteiger partial charge on any atom is -0.273 e. The van der Waals surface area contributed by atoms with Crippen molar-refractivity contribution in [2.45, 2.75) is 52.9 Å². The van der Waals surface area contributed by atoms with Crippen LogP contribution in [0.25, 0.3) is 0 Å². The van der Waals surface area contributed by atoms with Gasteiger partial charge in [-0.15, -0.1) is 0 Å². The van der Waals surface area contributed by atoms with Crippen molar-refractivity contribution in [1.29, 1.82) is 0 Å². The summed E-state index contributed by atoms with van der Waals surface area (Å²) in [6, 6.07) is 9.79. The molecule has 3 rings (SSSR count). The Labute approximate surface area is 151 Å². The number of rotatable bonds is 4. The second-order valence-corrected chi connectivity index (χ2v) is 8.42. The molecule has 0 heterocycles. The van der Waals surface area contributed by atoms with Gasteiger partial charge in [-0.3, -0.25) is 4.79 Å². The zero-order chi connectivity index (χ0) is 17.9. The molecule has 1 aromatic rings. The van der Waals surface area contributed by atoms with Gasteiger partial charge in [0.25, 0.3) is 0 Å². The maximum atomic E-state index is 12.0. The summed E-state index contributed by atoms with van der Waals surface area (Å²) in [7, 11) is 0. The number of benzene rings is 1. The molecule has 1 saturated carbocycles. The molecule has 0 bridgehead atoms. The van der Waals surface area contributed by atoms with Crippen LogP contribution < -0.4 is 5.43 Å². The quantitative estimate of drug-likeness (QED) is 0.481. The predicted octanol–water partition coefficient (Wildman–Crippen LogP) is 4.74. The third-order valence-corrected chi connectivity index (χ3v) is 6.05. The van der Waals surface area contributed by atoms with Gasteiger partial charge in [0.1, 0.15) is 0 Å². The third kappa shape index (κ3) is 4.39. The van der Waals surface area contributed by atoms with Gasteiger partial charge in [-0.2, -0.15) is 5.10 Å². The molecule has 0 saturated heterocycles. The van der Waals surface area contributed by atoms with Gasteiger partial charge in [-0.1, -0.05) is 62.8 Å². The van der Waals surface area contributed by atoms with Gasteiger partial charge in [0.05, 0.1) is 6.42 Å². The maximum absolute atomic E-state index is 12.0. The molecule has 0 aliphatic heterocycles. The maximum Gasteiger partial charge on any atom is 0.244 e. The summed E-state index contributed by atoms with van der Waals surface area (Å²) in [4.78, 5) is 12.0. The summed E-state index contributed by atoms with van der Waals surface area (Å²) in [5.74, 6) is 1.64. The monoisotopic (exact) mass is 338 g/mol. The molecule has 0 spiro atoms. The SMILES string of the molecule is C[C@@H]1CC2=CCCC(C)(C)[C@H]2C[C@@H]1/C=N\NC(=O)Cc1ccccc1. The summed E-state index contributed by atoms with van der Waals surface area (Å²) in [6.07, 6.45) is 9.64. The summed E-state index contributed by atoms with van der Waals surface area (Å²) >= 11 is 0. The fraction of sp³-hybridized carbons (Fsp3) is 0.545. The van der Waals surface area contributed by atoms with Gasteiger partial charge in [-0.05, 0) is 54.4 Å². The number of carbonyl (C=O) groups excluding carboxylic acids is 1. The Morgan fingerprint density at radius 3 is 2.84 bits per heavy atom. The molecule has 2 aliphatic carbocycles. The number of hydrogen-bond acceptors (Lipinski definition) is 2. The zero-order valence-corrected chi connectivity index (χ0v) is 15.7. The molecule has 1 aromatic carbocycles. The second kappa shape index (κ2) is 7.55. The van der Waals surface area contributed by atoms with E-state index in [1.165, 1.54) is 19.3 Å². The third-order valence-electron chi connectivity index (χ3n) is 6.05. The normalized spacial score (nSPS) is 28.3. The number of nitrogens with zero attached hydrogens (tertiary/aromatic N) is 1. The van der Waals surface area contributed by atoms with Crippen molar-refractivity contribution < 1.29 is 4.79 Å². The van der Waals surface area contributed by atoms with Crippen molar-refractivity contribution in [3.8, 4) is 0 Å². The van der Waals surface area contributed by atoms with Gasteiger partial charge in [0, 0.05) is 6.21 Å². The van der Waals surface area contributed by atoms with E-state index in [4.69, 9.17) is 0 Å². The molecule has 1 N–H and O–H groups in total. The standard InChI is InChI=1S/C22H30N2O/c1-16-12-18-10-7-11-22(2,3)20(18)14-19(16)15-23-24-21(25)13-17-8-5-4-6-9-17/h4-6,8-10,15-16,19-20H,7,11-14H2,1-3H3,(H,24,25)/b23-15-/t16-,19-,20+/m1/s1. The van der Waals surface area contributed by atoms with Crippen LogP contribution in [-0.2, 0) is 11.2 Å². The van der Waals surface area contributed by atoms with E-state index in [1.54, 1.807) is 5.57 Å². The first-order valence-electron chi connectivity index (χ1n) is 9.50. The van der Waals surface area contributed by atoms with E-state index in [0.717, 1.165) is 12.0 Å². The largest absolute Gasteiger partial charge is 0.273 e. The molecule has 1 fully saturated rings. The first-order valence-corrected chi connectivity index (χ1v) is 9.50. The molecular weight excluding hydrogens is 308 g/mol. The fourth-order valence-corrected chi connectivity index (χ4v) is 4.41. The van der Waals surface area contributed by atoms with E-state index in [1.807, 2.05) is 36.5 Å². The Kier molecular flexibility index (Phi) is 5.41.